The van der Waals surface area contributed by atoms with E-state index in [4.69, 9.17) is 0 Å². The molecule has 0 nitrogen and oxygen atoms in total. The van der Waals surface area contributed by atoms with Gasteiger partial charge in [0.05, 0.1) is 10.9 Å². The van der Waals surface area contributed by atoms with Gasteiger partial charge in [-0.15, -0.1) is 0 Å². The van der Waals surface area contributed by atoms with Gasteiger partial charge in [0.25, 0.3) is 0 Å². The molecular formula is C38H33S3+. The molecule has 0 bridgehead atoms. The van der Waals surface area contributed by atoms with Gasteiger partial charge in [-0.25, -0.2) is 0 Å². The van der Waals surface area contributed by atoms with Crippen LogP contribution in [0.25, 0.3) is 0 Å². The predicted octanol–water partition coefficient (Wildman–Crippen LogP) is 11.2. The van der Waals surface area contributed by atoms with E-state index in [1.807, 2.05) is 11.8 Å². The van der Waals surface area contributed by atoms with Gasteiger partial charge in [0, 0.05) is 9.79 Å². The van der Waals surface area contributed by atoms with Gasteiger partial charge in [0.2, 0.25) is 0 Å². The van der Waals surface area contributed by atoms with Crippen molar-refractivity contribution in [1.82, 2.24) is 0 Å². The Morgan fingerprint density at radius 3 is 1.17 bits per heavy atom. The van der Waals surface area contributed by atoms with E-state index in [0.717, 1.165) is 5.75 Å². The van der Waals surface area contributed by atoms with Gasteiger partial charge in [-0.05, 0) is 118 Å². The molecule has 0 aromatic heterocycles. The largest absolute Gasteiger partial charge is 0.166 e. The first-order valence-electron chi connectivity index (χ1n) is 13.9. The lowest BCUT2D eigenvalue weighted by molar-refractivity contribution is 1.23. The highest BCUT2D eigenvalue weighted by atomic mass is 32.3. The number of hydrogen-bond donors (Lipinski definition) is 0. The molecule has 0 radical (unpaired) electrons. The summed E-state index contributed by atoms with van der Waals surface area (Å²) in [7, 11) is -1.46. The van der Waals surface area contributed by atoms with Crippen LogP contribution in [-0.2, 0) is 10.9 Å². The van der Waals surface area contributed by atoms with E-state index in [1.54, 1.807) is 0 Å². The molecule has 0 N–H and O–H groups in total. The van der Waals surface area contributed by atoms with Gasteiger partial charge in [-0.2, -0.15) is 10.0 Å². The third-order valence-corrected chi connectivity index (χ3v) is 14.5. The average Bonchev–Trinajstić information content (AvgIpc) is 3.05. The van der Waals surface area contributed by atoms with Crippen molar-refractivity contribution in [2.24, 2.45) is 0 Å². The smallest absolute Gasteiger partial charge is 0.161 e. The molecule has 0 spiro atoms. The standard InChI is InChI=1S/C38H33S3/c1-2-41(36-19-11-5-12-20-36,37-21-13-6-14-22-37)38-29-25-32(26-30-38)39-31-23-27-35(28-24-31)40(33-15-7-3-8-16-33)34-17-9-4-10-18-34/h3-30H,2H2,1H3/q+1. The SMILES string of the molecule is CCS(c1ccccc1)(c1ccccc1)c1ccc(Sc2ccc([S+](c3ccccc3)c3ccccc3)cc2)cc1. The number of rotatable bonds is 9. The van der Waals surface area contributed by atoms with Gasteiger partial charge in [0.1, 0.15) is 0 Å². The molecule has 202 valence electrons. The second-order valence-electron chi connectivity index (χ2n) is 9.63. The van der Waals surface area contributed by atoms with E-state index < -0.39 is 10.0 Å². The Morgan fingerprint density at radius 2 is 0.756 bits per heavy atom. The minimum Gasteiger partial charge on any atom is -0.161 e. The summed E-state index contributed by atoms with van der Waals surface area (Å²) in [6, 6.07) is 62.3. The fourth-order valence-corrected chi connectivity index (χ4v) is 11.8. The summed E-state index contributed by atoms with van der Waals surface area (Å²) >= 11 is 1.83. The first-order valence-corrected chi connectivity index (χ1v) is 17.8. The van der Waals surface area contributed by atoms with E-state index in [9.17, 15) is 0 Å². The molecule has 6 aromatic carbocycles. The Morgan fingerprint density at radius 1 is 0.415 bits per heavy atom. The zero-order valence-electron chi connectivity index (χ0n) is 23.1. The fourth-order valence-electron chi connectivity index (χ4n) is 5.26. The Bertz CT molecular complexity index is 1570. The molecule has 0 atom stereocenters. The second-order valence-corrected chi connectivity index (χ2v) is 16.3. The molecule has 0 heterocycles. The molecule has 3 heteroatoms. The summed E-state index contributed by atoms with van der Waals surface area (Å²) in [4.78, 5) is 10.8. The van der Waals surface area contributed by atoms with Crippen molar-refractivity contribution in [2.75, 3.05) is 5.75 Å². The van der Waals surface area contributed by atoms with Crippen LogP contribution in [0.3, 0.4) is 0 Å². The van der Waals surface area contributed by atoms with Crippen LogP contribution < -0.4 is 0 Å². The Hall–Kier alpha value is -3.63. The molecule has 0 aliphatic rings. The van der Waals surface area contributed by atoms with Crippen LogP contribution in [-0.4, -0.2) is 5.75 Å². The second kappa shape index (κ2) is 12.9. The van der Waals surface area contributed by atoms with Crippen molar-refractivity contribution < 1.29 is 0 Å². The highest BCUT2D eigenvalue weighted by molar-refractivity contribution is 8.33. The minimum atomic E-state index is -1.34. The lowest BCUT2D eigenvalue weighted by Gasteiger charge is -2.40. The zero-order valence-corrected chi connectivity index (χ0v) is 25.5. The third-order valence-electron chi connectivity index (χ3n) is 7.20. The van der Waals surface area contributed by atoms with Crippen LogP contribution in [0, 0.1) is 0 Å². The van der Waals surface area contributed by atoms with Crippen molar-refractivity contribution in [1.29, 1.82) is 0 Å². The van der Waals surface area contributed by atoms with Crippen molar-refractivity contribution in [3.63, 3.8) is 0 Å². The average molecular weight is 586 g/mol. The number of benzene rings is 6. The highest BCUT2D eigenvalue weighted by Crippen LogP contribution is 2.68. The zero-order chi connectivity index (χ0) is 27.9. The molecule has 0 amide bonds. The highest BCUT2D eigenvalue weighted by Gasteiger charge is 2.30. The lowest BCUT2D eigenvalue weighted by Crippen LogP contribution is -2.06. The molecule has 6 aromatic rings. The predicted molar refractivity (Wildman–Crippen MR) is 178 cm³/mol. The van der Waals surface area contributed by atoms with Gasteiger partial charge < -0.3 is 0 Å². The Labute approximate surface area is 253 Å². The van der Waals surface area contributed by atoms with E-state index >= 15 is 0 Å². The molecule has 0 saturated heterocycles. The maximum atomic E-state index is 2.36. The van der Waals surface area contributed by atoms with Crippen LogP contribution in [0.15, 0.2) is 209 Å². The first-order chi connectivity index (χ1) is 20.3. The van der Waals surface area contributed by atoms with Crippen molar-refractivity contribution in [3.8, 4) is 0 Å². The van der Waals surface area contributed by atoms with Crippen LogP contribution >= 0.6 is 21.8 Å². The van der Waals surface area contributed by atoms with E-state index in [-0.39, 0.29) is 10.9 Å². The topological polar surface area (TPSA) is 0 Å². The van der Waals surface area contributed by atoms with Gasteiger partial charge >= 0.3 is 0 Å². The summed E-state index contributed by atoms with van der Waals surface area (Å²) in [5, 5.41) is 0. The Balaban J connectivity index is 1.28. The van der Waals surface area contributed by atoms with Crippen molar-refractivity contribution in [3.05, 3.63) is 170 Å². The molecule has 41 heavy (non-hydrogen) atoms. The van der Waals surface area contributed by atoms with E-state index in [1.165, 1.54) is 39.2 Å². The summed E-state index contributed by atoms with van der Waals surface area (Å²) in [6.07, 6.45) is 0. The molecule has 0 aliphatic heterocycles. The van der Waals surface area contributed by atoms with E-state index in [0.29, 0.717) is 0 Å². The van der Waals surface area contributed by atoms with Crippen molar-refractivity contribution in [2.45, 2.75) is 46.1 Å². The summed E-state index contributed by atoms with van der Waals surface area (Å²) < 4.78 is 0. The summed E-state index contributed by atoms with van der Waals surface area (Å²) in [5.41, 5.74) is 0. The molecule has 6 rings (SSSR count). The third kappa shape index (κ3) is 5.90. The van der Waals surface area contributed by atoms with Gasteiger partial charge in [-0.1, -0.05) is 91.5 Å². The number of hydrogen-bond acceptors (Lipinski definition) is 1. The fraction of sp³-hybridized carbons (Fsp3) is 0.0526. The Kier molecular flexibility index (Phi) is 8.67. The van der Waals surface area contributed by atoms with Gasteiger partial charge in [-0.3, -0.25) is 0 Å². The van der Waals surface area contributed by atoms with Crippen molar-refractivity contribution >= 4 is 32.7 Å². The molecule has 0 saturated carbocycles. The molecule has 0 fully saturated rings. The van der Waals surface area contributed by atoms with E-state index in [2.05, 4.69) is 177 Å². The molecule has 0 aliphatic carbocycles. The maximum absolute atomic E-state index is 2.36. The molecule has 0 unspecified atom stereocenters. The summed E-state index contributed by atoms with van der Waals surface area (Å²) in [5.74, 6) is 1.07. The minimum absolute atomic E-state index is 0.127. The quantitative estimate of drug-likeness (QED) is 0.152. The first kappa shape index (κ1) is 27.5. The van der Waals surface area contributed by atoms with Crippen LogP contribution in [0.4, 0.5) is 0 Å². The van der Waals surface area contributed by atoms with Crippen LogP contribution in [0.5, 0.6) is 0 Å². The lowest BCUT2D eigenvalue weighted by atomic mass is 10.3. The normalized spacial score (nSPS) is 11.9. The monoisotopic (exact) mass is 585 g/mol. The summed E-state index contributed by atoms with van der Waals surface area (Å²) in [6.45, 7) is 2.33. The maximum Gasteiger partial charge on any atom is 0.166 e. The van der Waals surface area contributed by atoms with Gasteiger partial charge in [0.15, 0.2) is 14.7 Å². The molecular weight excluding hydrogens is 553 g/mol. The van der Waals surface area contributed by atoms with Crippen LogP contribution in [0.1, 0.15) is 6.92 Å². The van der Waals surface area contributed by atoms with Crippen LogP contribution in [0.2, 0.25) is 0 Å².